The van der Waals surface area contributed by atoms with Crippen LogP contribution in [0.1, 0.15) is 20.3 Å². The number of hydrogen-bond acceptors (Lipinski definition) is 3. The molecule has 0 bridgehead atoms. The summed E-state index contributed by atoms with van der Waals surface area (Å²) in [5.74, 6) is 0.556. The second-order valence-electron chi connectivity index (χ2n) is 4.62. The Morgan fingerprint density at radius 1 is 1.32 bits per heavy atom. The topological polar surface area (TPSA) is 47.1 Å². The summed E-state index contributed by atoms with van der Waals surface area (Å²) in [4.78, 5) is 2.40. The Labute approximate surface area is 119 Å². The van der Waals surface area contributed by atoms with E-state index in [-0.39, 0.29) is 0 Å². The lowest BCUT2D eigenvalue weighted by molar-refractivity contribution is 0.292. The quantitative estimate of drug-likeness (QED) is 0.885. The maximum Gasteiger partial charge on any atom is 0.153 e. The van der Waals surface area contributed by atoms with Crippen LogP contribution in [0.25, 0.3) is 10.9 Å². The molecule has 0 saturated heterocycles. The molecule has 4 nitrogen and oxygen atoms in total. The fourth-order valence-electron chi connectivity index (χ4n) is 2.36. The number of para-hydroxylation sites is 1. The van der Waals surface area contributed by atoms with E-state index in [1.54, 1.807) is 0 Å². The average molecular weight is 281 g/mol. The maximum absolute atomic E-state index is 6.24. The first-order valence-electron chi connectivity index (χ1n) is 6.80. The molecular formula is C14H21ClN4. The van der Waals surface area contributed by atoms with E-state index in [4.69, 9.17) is 17.3 Å². The van der Waals surface area contributed by atoms with Crippen molar-refractivity contribution < 1.29 is 0 Å². The molecular weight excluding hydrogens is 260 g/mol. The van der Waals surface area contributed by atoms with E-state index in [9.17, 15) is 0 Å². The van der Waals surface area contributed by atoms with Crippen LogP contribution in [0.3, 0.4) is 0 Å². The molecule has 0 aliphatic rings. The zero-order chi connectivity index (χ0) is 13.8. The molecule has 0 aliphatic carbocycles. The van der Waals surface area contributed by atoms with Crippen molar-refractivity contribution in [3.8, 4) is 0 Å². The Morgan fingerprint density at radius 2 is 2.05 bits per heavy atom. The zero-order valence-corrected chi connectivity index (χ0v) is 12.3. The largest absolute Gasteiger partial charge is 0.382 e. The number of rotatable bonds is 6. The van der Waals surface area contributed by atoms with Gasteiger partial charge in [-0.3, -0.25) is 4.68 Å². The molecule has 0 amide bonds. The smallest absolute Gasteiger partial charge is 0.153 e. The summed E-state index contributed by atoms with van der Waals surface area (Å²) in [6.07, 6.45) is 1.04. The van der Waals surface area contributed by atoms with Crippen molar-refractivity contribution in [2.24, 2.45) is 0 Å². The summed E-state index contributed by atoms with van der Waals surface area (Å²) < 4.78 is 1.93. The van der Waals surface area contributed by atoms with Gasteiger partial charge in [0.2, 0.25) is 0 Å². The van der Waals surface area contributed by atoms with Gasteiger partial charge >= 0.3 is 0 Å². The van der Waals surface area contributed by atoms with Crippen molar-refractivity contribution >= 4 is 28.3 Å². The van der Waals surface area contributed by atoms with Crippen LogP contribution in [-0.2, 0) is 6.54 Å². The zero-order valence-electron chi connectivity index (χ0n) is 11.6. The van der Waals surface area contributed by atoms with E-state index >= 15 is 0 Å². The summed E-state index contributed by atoms with van der Waals surface area (Å²) in [6.45, 7) is 8.44. The summed E-state index contributed by atoms with van der Waals surface area (Å²) >= 11 is 6.24. The van der Waals surface area contributed by atoms with Gasteiger partial charge in [-0.15, -0.1) is 0 Å². The van der Waals surface area contributed by atoms with Gasteiger partial charge in [-0.2, -0.15) is 5.10 Å². The number of fused-ring (bicyclic) bond motifs is 1. The van der Waals surface area contributed by atoms with Gasteiger partial charge in [-0.1, -0.05) is 31.5 Å². The molecule has 2 rings (SSSR count). The lowest BCUT2D eigenvalue weighted by Crippen LogP contribution is -2.25. The van der Waals surface area contributed by atoms with Gasteiger partial charge < -0.3 is 10.6 Å². The van der Waals surface area contributed by atoms with Crippen LogP contribution in [0.5, 0.6) is 0 Å². The van der Waals surface area contributed by atoms with Crippen molar-refractivity contribution in [3.63, 3.8) is 0 Å². The SMILES string of the molecule is CCN(CC)CCCn1nc(N)c2cccc(Cl)c21. The van der Waals surface area contributed by atoms with Gasteiger partial charge in [0.1, 0.15) is 0 Å². The van der Waals surface area contributed by atoms with Gasteiger partial charge in [-0.05, 0) is 38.2 Å². The van der Waals surface area contributed by atoms with Crippen LogP contribution in [0.15, 0.2) is 18.2 Å². The second-order valence-corrected chi connectivity index (χ2v) is 5.03. The second kappa shape index (κ2) is 6.26. The predicted molar refractivity (Wildman–Crippen MR) is 81.6 cm³/mol. The Bertz CT molecular complexity index is 546. The number of nitrogen functional groups attached to an aromatic ring is 1. The van der Waals surface area contributed by atoms with Gasteiger partial charge in [0.25, 0.3) is 0 Å². The van der Waals surface area contributed by atoms with Crippen molar-refractivity contribution in [1.29, 1.82) is 0 Å². The van der Waals surface area contributed by atoms with Crippen LogP contribution < -0.4 is 5.73 Å². The molecule has 0 fully saturated rings. The summed E-state index contributed by atoms with van der Waals surface area (Å²) in [7, 11) is 0. The number of benzene rings is 1. The monoisotopic (exact) mass is 280 g/mol. The van der Waals surface area contributed by atoms with Crippen molar-refractivity contribution in [1.82, 2.24) is 14.7 Å². The third-order valence-corrected chi connectivity index (χ3v) is 3.79. The molecule has 0 atom stereocenters. The van der Waals surface area contributed by atoms with E-state index in [2.05, 4.69) is 23.8 Å². The first kappa shape index (κ1) is 14.2. The van der Waals surface area contributed by atoms with Gasteiger partial charge in [0, 0.05) is 11.9 Å². The van der Waals surface area contributed by atoms with Crippen molar-refractivity contribution in [2.45, 2.75) is 26.8 Å². The van der Waals surface area contributed by atoms with Crippen molar-refractivity contribution in [2.75, 3.05) is 25.4 Å². The van der Waals surface area contributed by atoms with Crippen LogP contribution >= 0.6 is 11.6 Å². The summed E-state index contributed by atoms with van der Waals surface area (Å²) in [5.41, 5.74) is 6.87. The van der Waals surface area contributed by atoms with Crippen LogP contribution in [-0.4, -0.2) is 34.3 Å². The van der Waals surface area contributed by atoms with Crippen molar-refractivity contribution in [3.05, 3.63) is 23.2 Å². The number of halogens is 1. The standard InChI is InChI=1S/C14H21ClN4/c1-3-18(4-2)9-6-10-19-13-11(14(16)17-19)7-5-8-12(13)15/h5,7-8H,3-4,6,9-10H2,1-2H3,(H2,16,17). The number of aryl methyl sites for hydroxylation is 1. The Balaban J connectivity index is 2.13. The minimum absolute atomic E-state index is 0.556. The van der Waals surface area contributed by atoms with Crippen LogP contribution in [0, 0.1) is 0 Å². The molecule has 19 heavy (non-hydrogen) atoms. The van der Waals surface area contributed by atoms with Crippen LogP contribution in [0.2, 0.25) is 5.02 Å². The molecule has 1 aromatic heterocycles. The minimum Gasteiger partial charge on any atom is -0.382 e. The molecule has 1 heterocycles. The van der Waals surface area contributed by atoms with E-state index in [0.717, 1.165) is 43.5 Å². The molecule has 5 heteroatoms. The van der Waals surface area contributed by atoms with E-state index in [1.807, 2.05) is 22.9 Å². The Morgan fingerprint density at radius 3 is 2.74 bits per heavy atom. The first-order valence-corrected chi connectivity index (χ1v) is 7.18. The highest BCUT2D eigenvalue weighted by Gasteiger charge is 2.10. The summed E-state index contributed by atoms with van der Waals surface area (Å²) in [6, 6.07) is 5.75. The molecule has 104 valence electrons. The first-order chi connectivity index (χ1) is 9.17. The third kappa shape index (κ3) is 3.01. The highest BCUT2D eigenvalue weighted by atomic mass is 35.5. The number of hydrogen-bond donors (Lipinski definition) is 1. The average Bonchev–Trinajstić information content (AvgIpc) is 2.73. The minimum atomic E-state index is 0.556. The Hall–Kier alpha value is -1.26. The van der Waals surface area contributed by atoms with Crippen LogP contribution in [0.4, 0.5) is 5.82 Å². The lowest BCUT2D eigenvalue weighted by atomic mass is 10.2. The highest BCUT2D eigenvalue weighted by Crippen LogP contribution is 2.27. The molecule has 0 aliphatic heterocycles. The molecule has 1 aromatic carbocycles. The van der Waals surface area contributed by atoms with E-state index < -0.39 is 0 Å². The lowest BCUT2D eigenvalue weighted by Gasteiger charge is -2.17. The Kier molecular flexibility index (Phi) is 4.66. The highest BCUT2D eigenvalue weighted by molar-refractivity contribution is 6.35. The molecule has 0 radical (unpaired) electrons. The third-order valence-electron chi connectivity index (χ3n) is 3.49. The number of nitrogens with zero attached hydrogens (tertiary/aromatic N) is 3. The number of nitrogens with two attached hydrogens (primary N) is 1. The fourth-order valence-corrected chi connectivity index (χ4v) is 2.64. The maximum atomic E-state index is 6.24. The molecule has 2 N–H and O–H groups in total. The molecule has 0 unspecified atom stereocenters. The molecule has 2 aromatic rings. The van der Waals surface area contributed by atoms with Gasteiger partial charge in [-0.25, -0.2) is 0 Å². The number of aromatic nitrogens is 2. The molecule has 0 saturated carbocycles. The summed E-state index contributed by atoms with van der Waals surface area (Å²) in [5, 5.41) is 6.04. The molecule has 0 spiro atoms. The number of anilines is 1. The van der Waals surface area contributed by atoms with E-state index in [1.165, 1.54) is 0 Å². The fraction of sp³-hybridized carbons (Fsp3) is 0.500. The van der Waals surface area contributed by atoms with E-state index in [0.29, 0.717) is 10.8 Å². The van der Waals surface area contributed by atoms with Gasteiger partial charge in [0.05, 0.1) is 10.5 Å². The predicted octanol–water partition coefficient (Wildman–Crippen LogP) is 3.00. The van der Waals surface area contributed by atoms with Gasteiger partial charge in [0.15, 0.2) is 5.82 Å². The normalized spacial score (nSPS) is 11.6.